The van der Waals surface area contributed by atoms with Gasteiger partial charge in [0.15, 0.2) is 10.4 Å². The molecule has 2 aromatic rings. The van der Waals surface area contributed by atoms with E-state index in [-0.39, 0.29) is 0 Å². The highest BCUT2D eigenvalue weighted by molar-refractivity contribution is 7.99. The van der Waals surface area contributed by atoms with Gasteiger partial charge in [0.2, 0.25) is 0 Å². The molecule has 0 bridgehead atoms. The van der Waals surface area contributed by atoms with Crippen LogP contribution >= 0.6 is 24.0 Å². The second-order valence-electron chi connectivity index (χ2n) is 4.02. The molecular formula is C11H13N3S2. The van der Waals surface area contributed by atoms with Crippen LogP contribution in [0.2, 0.25) is 0 Å². The van der Waals surface area contributed by atoms with Crippen molar-refractivity contribution in [3.8, 4) is 0 Å². The minimum Gasteiger partial charge on any atom is -0.329 e. The second-order valence-corrected chi connectivity index (χ2v) is 5.63. The number of aromatic amines is 1. The predicted octanol–water partition coefficient (Wildman–Crippen LogP) is 3.16. The molecule has 3 rings (SSSR count). The van der Waals surface area contributed by atoms with Crippen molar-refractivity contribution in [2.75, 3.05) is 11.5 Å². The number of hydrogen-bond donors (Lipinski definition) is 1. The van der Waals surface area contributed by atoms with Gasteiger partial charge in [0.1, 0.15) is 0 Å². The van der Waals surface area contributed by atoms with E-state index in [0.717, 1.165) is 15.9 Å². The first-order chi connectivity index (χ1) is 7.86. The summed E-state index contributed by atoms with van der Waals surface area (Å²) in [5, 5.41) is 0. The number of imidazole rings is 1. The molecule has 16 heavy (non-hydrogen) atoms. The minimum absolute atomic E-state index is 0.525. The molecular weight excluding hydrogens is 238 g/mol. The highest BCUT2D eigenvalue weighted by atomic mass is 32.2. The number of rotatable bonds is 1. The molecule has 5 heteroatoms. The van der Waals surface area contributed by atoms with Crippen molar-refractivity contribution in [1.29, 1.82) is 0 Å². The topological polar surface area (TPSA) is 33.6 Å². The number of hydrogen-bond acceptors (Lipinski definition) is 3. The molecule has 3 nitrogen and oxygen atoms in total. The van der Waals surface area contributed by atoms with Gasteiger partial charge in [-0.2, -0.15) is 11.8 Å². The van der Waals surface area contributed by atoms with Crippen molar-refractivity contribution in [1.82, 2.24) is 14.5 Å². The lowest BCUT2D eigenvalue weighted by atomic mass is 10.1. The summed E-state index contributed by atoms with van der Waals surface area (Å²) < 4.78 is 3.01. The molecule has 0 saturated carbocycles. The SMILES string of the molecule is S=c1[nH]c2cccnc2n1C1CCSCC1. The van der Waals surface area contributed by atoms with Crippen molar-refractivity contribution in [3.63, 3.8) is 0 Å². The van der Waals surface area contributed by atoms with Crippen LogP contribution in [0, 0.1) is 4.77 Å². The summed E-state index contributed by atoms with van der Waals surface area (Å²) in [4.78, 5) is 7.67. The van der Waals surface area contributed by atoms with Gasteiger partial charge < -0.3 is 4.98 Å². The lowest BCUT2D eigenvalue weighted by Crippen LogP contribution is -2.15. The summed E-state index contributed by atoms with van der Waals surface area (Å²) in [6, 6.07) is 4.50. The Kier molecular flexibility index (Phi) is 2.73. The summed E-state index contributed by atoms with van der Waals surface area (Å²) in [7, 11) is 0. The third kappa shape index (κ3) is 1.68. The lowest BCUT2D eigenvalue weighted by Gasteiger charge is -2.22. The van der Waals surface area contributed by atoms with Crippen molar-refractivity contribution in [3.05, 3.63) is 23.1 Å². The number of fused-ring (bicyclic) bond motifs is 1. The third-order valence-electron chi connectivity index (χ3n) is 3.03. The molecule has 0 spiro atoms. The van der Waals surface area contributed by atoms with Crippen LogP contribution in [0.5, 0.6) is 0 Å². The molecule has 0 aromatic carbocycles. The Bertz CT molecular complexity index is 552. The number of nitrogens with one attached hydrogen (secondary N) is 1. The number of pyridine rings is 1. The van der Waals surface area contributed by atoms with E-state index in [1.807, 2.05) is 30.1 Å². The lowest BCUT2D eigenvalue weighted by molar-refractivity contribution is 0.474. The van der Waals surface area contributed by atoms with Crippen molar-refractivity contribution >= 4 is 35.1 Å². The first kappa shape index (κ1) is 10.4. The highest BCUT2D eigenvalue weighted by Gasteiger charge is 2.18. The molecule has 0 radical (unpaired) electrons. The Morgan fingerprint density at radius 2 is 2.25 bits per heavy atom. The minimum atomic E-state index is 0.525. The Balaban J connectivity index is 2.14. The van der Waals surface area contributed by atoms with E-state index in [2.05, 4.69) is 14.5 Å². The third-order valence-corrected chi connectivity index (χ3v) is 4.38. The van der Waals surface area contributed by atoms with Crippen LogP contribution < -0.4 is 0 Å². The van der Waals surface area contributed by atoms with Crippen LogP contribution in [0.3, 0.4) is 0 Å². The van der Waals surface area contributed by atoms with Crippen molar-refractivity contribution in [2.24, 2.45) is 0 Å². The standard InChI is InChI=1S/C11H13N3S2/c15-11-13-9-2-1-5-12-10(9)14(11)8-3-6-16-7-4-8/h1-2,5,8H,3-4,6-7H2,(H,13,15). The average Bonchev–Trinajstić information content (AvgIpc) is 2.66. The van der Waals surface area contributed by atoms with E-state index in [0.29, 0.717) is 6.04 Å². The monoisotopic (exact) mass is 251 g/mol. The zero-order chi connectivity index (χ0) is 11.0. The molecule has 0 aliphatic carbocycles. The zero-order valence-corrected chi connectivity index (χ0v) is 10.5. The fraction of sp³-hybridized carbons (Fsp3) is 0.455. The number of aromatic nitrogens is 3. The van der Waals surface area contributed by atoms with Crippen LogP contribution in [-0.2, 0) is 0 Å². The Labute approximate surface area is 103 Å². The molecule has 3 heterocycles. The quantitative estimate of drug-likeness (QED) is 0.790. The van der Waals surface area contributed by atoms with Gasteiger partial charge in [-0.15, -0.1) is 0 Å². The number of H-pyrrole nitrogens is 1. The average molecular weight is 251 g/mol. The van der Waals surface area contributed by atoms with Gasteiger partial charge >= 0.3 is 0 Å². The van der Waals surface area contributed by atoms with Crippen LogP contribution in [0.1, 0.15) is 18.9 Å². The molecule has 0 amide bonds. The van der Waals surface area contributed by atoms with E-state index in [9.17, 15) is 0 Å². The maximum Gasteiger partial charge on any atom is 0.179 e. The van der Waals surface area contributed by atoms with Crippen LogP contribution in [0.15, 0.2) is 18.3 Å². The van der Waals surface area contributed by atoms with Gasteiger partial charge in [-0.05, 0) is 48.7 Å². The Morgan fingerprint density at radius 1 is 1.44 bits per heavy atom. The van der Waals surface area contributed by atoms with E-state index < -0.39 is 0 Å². The summed E-state index contributed by atoms with van der Waals surface area (Å²) >= 11 is 7.42. The van der Waals surface area contributed by atoms with Crippen LogP contribution in [-0.4, -0.2) is 26.0 Å². The maximum absolute atomic E-state index is 5.39. The summed E-state index contributed by atoms with van der Waals surface area (Å²) in [6.45, 7) is 0. The highest BCUT2D eigenvalue weighted by Crippen LogP contribution is 2.29. The van der Waals surface area contributed by atoms with E-state index in [1.165, 1.54) is 24.3 Å². The molecule has 0 unspecified atom stereocenters. The number of thioether (sulfide) groups is 1. The van der Waals surface area contributed by atoms with Gasteiger partial charge in [-0.3, -0.25) is 4.57 Å². The van der Waals surface area contributed by atoms with E-state index in [1.54, 1.807) is 0 Å². The summed E-state index contributed by atoms with van der Waals surface area (Å²) in [5.41, 5.74) is 2.05. The van der Waals surface area contributed by atoms with Gasteiger partial charge in [-0.25, -0.2) is 4.98 Å². The van der Waals surface area contributed by atoms with Gasteiger partial charge in [0, 0.05) is 12.2 Å². The molecule has 84 valence electrons. The molecule has 1 fully saturated rings. The summed E-state index contributed by atoms with van der Waals surface area (Å²) in [5.74, 6) is 2.46. The molecule has 1 aliphatic heterocycles. The maximum atomic E-state index is 5.39. The van der Waals surface area contributed by atoms with Gasteiger partial charge in [0.25, 0.3) is 0 Å². The molecule has 1 aliphatic rings. The second kappa shape index (κ2) is 4.22. The molecule has 1 saturated heterocycles. The zero-order valence-electron chi connectivity index (χ0n) is 8.85. The van der Waals surface area contributed by atoms with E-state index >= 15 is 0 Å². The molecule has 1 N–H and O–H groups in total. The normalized spacial score (nSPS) is 18.0. The molecule has 0 atom stereocenters. The van der Waals surface area contributed by atoms with Gasteiger partial charge in [-0.1, -0.05) is 0 Å². The van der Waals surface area contributed by atoms with Crippen LogP contribution in [0.4, 0.5) is 0 Å². The largest absolute Gasteiger partial charge is 0.329 e. The Morgan fingerprint density at radius 3 is 3.06 bits per heavy atom. The predicted molar refractivity (Wildman–Crippen MR) is 70.5 cm³/mol. The fourth-order valence-corrected chi connectivity index (χ4v) is 3.67. The molecule has 2 aromatic heterocycles. The summed E-state index contributed by atoms with van der Waals surface area (Å²) in [6.07, 6.45) is 4.23. The first-order valence-corrected chi connectivity index (χ1v) is 7.05. The van der Waals surface area contributed by atoms with Crippen LogP contribution in [0.25, 0.3) is 11.2 Å². The van der Waals surface area contributed by atoms with Crippen molar-refractivity contribution in [2.45, 2.75) is 18.9 Å². The van der Waals surface area contributed by atoms with Crippen molar-refractivity contribution < 1.29 is 0 Å². The van der Waals surface area contributed by atoms with Gasteiger partial charge in [0.05, 0.1) is 5.52 Å². The first-order valence-electron chi connectivity index (χ1n) is 5.49. The number of nitrogens with zero attached hydrogens (tertiary/aromatic N) is 2. The van der Waals surface area contributed by atoms with E-state index in [4.69, 9.17) is 12.2 Å². The smallest absolute Gasteiger partial charge is 0.179 e. The Hall–Kier alpha value is -0.810. The fourth-order valence-electron chi connectivity index (χ4n) is 2.24.